The molecule has 0 amide bonds. The first kappa shape index (κ1) is 13.1. The molecule has 0 saturated heterocycles. The Hall–Kier alpha value is -0.980. The number of nitrogens with two attached hydrogens (primary N) is 1. The van der Waals surface area contributed by atoms with Gasteiger partial charge in [-0.2, -0.15) is 0 Å². The molecule has 0 heterocycles. The van der Waals surface area contributed by atoms with E-state index in [4.69, 9.17) is 5.14 Å². The third-order valence-corrected chi connectivity index (χ3v) is 2.98. The summed E-state index contributed by atoms with van der Waals surface area (Å²) < 4.78 is 34.0. The van der Waals surface area contributed by atoms with Crippen LogP contribution >= 0.6 is 0 Å². The van der Waals surface area contributed by atoms with Gasteiger partial charge in [-0.15, -0.1) is 0 Å². The van der Waals surface area contributed by atoms with Gasteiger partial charge in [-0.1, -0.05) is 12.1 Å². The Bertz CT molecular complexity index is 431. The first-order valence-electron chi connectivity index (χ1n) is 4.88. The van der Waals surface area contributed by atoms with Crippen LogP contribution in [0.15, 0.2) is 24.3 Å². The Morgan fingerprint density at radius 1 is 1.38 bits per heavy atom. The molecule has 0 spiro atoms. The minimum atomic E-state index is -3.43. The predicted molar refractivity (Wildman–Crippen MR) is 60.8 cm³/mol. The lowest BCUT2D eigenvalue weighted by Gasteiger charge is -2.13. The zero-order chi connectivity index (χ0) is 12.2. The van der Waals surface area contributed by atoms with Gasteiger partial charge < -0.3 is 5.32 Å². The number of sulfonamides is 1. The maximum atomic E-state index is 12.6. The molecule has 0 fully saturated rings. The lowest BCUT2D eigenvalue weighted by molar-refractivity contribution is 0.571. The topological polar surface area (TPSA) is 72.2 Å². The number of benzene rings is 1. The number of nitrogens with one attached hydrogen (secondary N) is 1. The van der Waals surface area contributed by atoms with Crippen molar-refractivity contribution in [2.75, 3.05) is 12.3 Å². The van der Waals surface area contributed by atoms with Crippen molar-refractivity contribution >= 4 is 10.0 Å². The van der Waals surface area contributed by atoms with E-state index < -0.39 is 10.0 Å². The molecule has 3 N–H and O–H groups in total. The van der Waals surface area contributed by atoms with Gasteiger partial charge in [0.2, 0.25) is 10.0 Å². The number of rotatable bonds is 5. The molecule has 0 aliphatic carbocycles. The van der Waals surface area contributed by atoms with Gasteiger partial charge in [0.1, 0.15) is 5.82 Å². The number of primary sulfonamides is 1. The number of halogens is 1. The van der Waals surface area contributed by atoms with Crippen LogP contribution in [0.3, 0.4) is 0 Å². The van der Waals surface area contributed by atoms with E-state index in [2.05, 4.69) is 5.32 Å². The highest BCUT2D eigenvalue weighted by Gasteiger charge is 2.07. The summed E-state index contributed by atoms with van der Waals surface area (Å²) in [7, 11) is -3.43. The Morgan fingerprint density at radius 3 is 2.44 bits per heavy atom. The van der Waals surface area contributed by atoms with E-state index in [0.29, 0.717) is 0 Å². The molecule has 1 rings (SSSR count). The SMILES string of the molecule is C[C@H](NCCS(N)(=O)=O)c1ccc(F)cc1. The fourth-order valence-electron chi connectivity index (χ4n) is 1.29. The summed E-state index contributed by atoms with van der Waals surface area (Å²) >= 11 is 0. The maximum absolute atomic E-state index is 12.6. The molecule has 1 aromatic carbocycles. The van der Waals surface area contributed by atoms with Gasteiger partial charge in [0.25, 0.3) is 0 Å². The first-order valence-corrected chi connectivity index (χ1v) is 6.59. The largest absolute Gasteiger partial charge is 0.309 e. The molecule has 0 aliphatic heterocycles. The van der Waals surface area contributed by atoms with E-state index >= 15 is 0 Å². The molecule has 0 bridgehead atoms. The zero-order valence-corrected chi connectivity index (χ0v) is 9.80. The van der Waals surface area contributed by atoms with Gasteiger partial charge in [-0.05, 0) is 24.6 Å². The van der Waals surface area contributed by atoms with Crippen LogP contribution in [0, 0.1) is 5.82 Å². The molecule has 0 saturated carbocycles. The summed E-state index contributed by atoms with van der Waals surface area (Å²) in [5, 5.41) is 7.86. The van der Waals surface area contributed by atoms with E-state index in [-0.39, 0.29) is 24.2 Å². The minimum Gasteiger partial charge on any atom is -0.309 e. The van der Waals surface area contributed by atoms with Crippen molar-refractivity contribution < 1.29 is 12.8 Å². The van der Waals surface area contributed by atoms with E-state index in [1.807, 2.05) is 6.92 Å². The third-order valence-electron chi connectivity index (χ3n) is 2.21. The van der Waals surface area contributed by atoms with Crippen molar-refractivity contribution in [2.24, 2.45) is 5.14 Å². The molecular weight excluding hydrogens is 231 g/mol. The summed E-state index contributed by atoms with van der Waals surface area (Å²) in [5.74, 6) is -0.404. The number of hydrogen-bond acceptors (Lipinski definition) is 3. The molecular formula is C10H15FN2O2S. The maximum Gasteiger partial charge on any atom is 0.210 e. The van der Waals surface area contributed by atoms with Gasteiger partial charge in [0.05, 0.1) is 5.75 Å². The second-order valence-electron chi connectivity index (χ2n) is 3.59. The van der Waals surface area contributed by atoms with Crippen LogP contribution in [0.2, 0.25) is 0 Å². The smallest absolute Gasteiger partial charge is 0.210 e. The van der Waals surface area contributed by atoms with Crippen LogP contribution in [-0.4, -0.2) is 20.7 Å². The van der Waals surface area contributed by atoms with Crippen molar-refractivity contribution in [2.45, 2.75) is 13.0 Å². The van der Waals surface area contributed by atoms with Crippen molar-refractivity contribution in [1.82, 2.24) is 5.32 Å². The Balaban J connectivity index is 2.47. The summed E-state index contributed by atoms with van der Waals surface area (Å²) in [6, 6.07) is 6.01. The monoisotopic (exact) mass is 246 g/mol. The average Bonchev–Trinajstić information content (AvgIpc) is 2.16. The third kappa shape index (κ3) is 4.69. The lowest BCUT2D eigenvalue weighted by Crippen LogP contribution is -2.28. The second-order valence-corrected chi connectivity index (χ2v) is 5.33. The van der Waals surface area contributed by atoms with E-state index in [1.165, 1.54) is 12.1 Å². The molecule has 0 unspecified atom stereocenters. The van der Waals surface area contributed by atoms with Crippen LogP contribution < -0.4 is 10.5 Å². The van der Waals surface area contributed by atoms with Crippen LogP contribution in [0.4, 0.5) is 4.39 Å². The van der Waals surface area contributed by atoms with E-state index in [1.54, 1.807) is 12.1 Å². The summed E-state index contributed by atoms with van der Waals surface area (Å²) in [4.78, 5) is 0. The van der Waals surface area contributed by atoms with Gasteiger partial charge in [-0.3, -0.25) is 0 Å². The molecule has 16 heavy (non-hydrogen) atoms. The van der Waals surface area contributed by atoms with Gasteiger partial charge in [0.15, 0.2) is 0 Å². The first-order chi connectivity index (χ1) is 7.38. The zero-order valence-electron chi connectivity index (χ0n) is 8.98. The minimum absolute atomic E-state index is 0.0395. The highest BCUT2D eigenvalue weighted by Crippen LogP contribution is 2.12. The summed E-state index contributed by atoms with van der Waals surface area (Å²) in [6.07, 6.45) is 0. The second kappa shape index (κ2) is 5.38. The summed E-state index contributed by atoms with van der Waals surface area (Å²) in [6.45, 7) is 2.15. The van der Waals surface area contributed by atoms with Crippen LogP contribution in [0.1, 0.15) is 18.5 Å². The quantitative estimate of drug-likeness (QED) is 0.806. The van der Waals surface area contributed by atoms with Crippen molar-refractivity contribution in [3.8, 4) is 0 Å². The lowest BCUT2D eigenvalue weighted by atomic mass is 10.1. The van der Waals surface area contributed by atoms with Crippen LogP contribution in [0.25, 0.3) is 0 Å². The molecule has 90 valence electrons. The number of hydrogen-bond donors (Lipinski definition) is 2. The molecule has 0 aromatic heterocycles. The van der Waals surface area contributed by atoms with Crippen LogP contribution in [-0.2, 0) is 10.0 Å². The summed E-state index contributed by atoms with van der Waals surface area (Å²) in [5.41, 5.74) is 0.899. The molecule has 1 atom stereocenters. The Kier molecular flexibility index (Phi) is 4.40. The van der Waals surface area contributed by atoms with Crippen molar-refractivity contribution in [1.29, 1.82) is 0 Å². The Morgan fingerprint density at radius 2 is 1.94 bits per heavy atom. The normalized spacial score (nSPS) is 13.7. The van der Waals surface area contributed by atoms with E-state index in [9.17, 15) is 12.8 Å². The van der Waals surface area contributed by atoms with Crippen molar-refractivity contribution in [3.63, 3.8) is 0 Å². The van der Waals surface area contributed by atoms with Crippen LogP contribution in [0.5, 0.6) is 0 Å². The van der Waals surface area contributed by atoms with E-state index in [0.717, 1.165) is 5.56 Å². The van der Waals surface area contributed by atoms with Gasteiger partial charge in [0, 0.05) is 12.6 Å². The predicted octanol–water partition coefficient (Wildman–Crippen LogP) is 0.765. The molecule has 6 heteroatoms. The molecule has 0 radical (unpaired) electrons. The highest BCUT2D eigenvalue weighted by atomic mass is 32.2. The van der Waals surface area contributed by atoms with Crippen molar-refractivity contribution in [3.05, 3.63) is 35.6 Å². The highest BCUT2D eigenvalue weighted by molar-refractivity contribution is 7.89. The van der Waals surface area contributed by atoms with Gasteiger partial charge >= 0.3 is 0 Å². The van der Waals surface area contributed by atoms with Gasteiger partial charge in [-0.25, -0.2) is 17.9 Å². The Labute approximate surface area is 94.7 Å². The fraction of sp³-hybridized carbons (Fsp3) is 0.400. The molecule has 4 nitrogen and oxygen atoms in total. The fourth-order valence-corrected chi connectivity index (χ4v) is 1.69. The molecule has 0 aliphatic rings. The standard InChI is InChI=1S/C10H15FN2O2S/c1-8(13-6-7-16(12,14)15)9-2-4-10(11)5-3-9/h2-5,8,13H,6-7H2,1H3,(H2,12,14,15)/t8-/m0/s1. The molecule has 1 aromatic rings. The average molecular weight is 246 g/mol.